The Morgan fingerprint density at radius 2 is 2.39 bits per heavy atom. The van der Waals surface area contributed by atoms with Crippen molar-refractivity contribution in [1.29, 1.82) is 0 Å². The van der Waals surface area contributed by atoms with Gasteiger partial charge in [-0.25, -0.2) is 4.98 Å². The number of aromatic nitrogens is 2. The zero-order chi connectivity index (χ0) is 13.1. The molecular weight excluding hydrogens is 246 g/mol. The summed E-state index contributed by atoms with van der Waals surface area (Å²) in [7, 11) is 1.93. The normalized spacial score (nSPS) is 12.4. The average Bonchev–Trinajstić information content (AvgIpc) is 2.98. The van der Waals surface area contributed by atoms with Gasteiger partial charge in [0.25, 0.3) is 5.91 Å². The van der Waals surface area contributed by atoms with Crippen LogP contribution < -0.4 is 5.32 Å². The lowest BCUT2D eigenvalue weighted by Gasteiger charge is -2.14. The van der Waals surface area contributed by atoms with E-state index in [1.165, 1.54) is 0 Å². The lowest BCUT2D eigenvalue weighted by atomic mass is 10.2. The van der Waals surface area contributed by atoms with E-state index < -0.39 is 0 Å². The number of nitrogens with zero attached hydrogens (tertiary/aromatic N) is 2. The summed E-state index contributed by atoms with van der Waals surface area (Å²) in [6, 6.07) is 1.84. The van der Waals surface area contributed by atoms with Crippen LogP contribution in [-0.2, 0) is 7.05 Å². The zero-order valence-electron chi connectivity index (χ0n) is 10.8. The molecule has 2 heterocycles. The molecule has 96 valence electrons. The van der Waals surface area contributed by atoms with E-state index in [-0.39, 0.29) is 11.9 Å². The van der Waals surface area contributed by atoms with Gasteiger partial charge in [-0.15, -0.1) is 11.3 Å². The molecule has 0 aliphatic heterocycles. The van der Waals surface area contributed by atoms with Gasteiger partial charge in [0.05, 0.1) is 11.6 Å². The van der Waals surface area contributed by atoms with E-state index in [1.54, 1.807) is 17.5 Å². The minimum atomic E-state index is -0.0323. The van der Waals surface area contributed by atoms with Crippen LogP contribution in [0, 0.1) is 6.92 Å². The summed E-state index contributed by atoms with van der Waals surface area (Å²) in [5.41, 5.74) is 1.70. The van der Waals surface area contributed by atoms with Gasteiger partial charge in [0, 0.05) is 30.5 Å². The van der Waals surface area contributed by atoms with Crippen LogP contribution in [0.2, 0.25) is 0 Å². The van der Waals surface area contributed by atoms with Crippen molar-refractivity contribution in [2.45, 2.75) is 26.3 Å². The Labute approximate surface area is 111 Å². The maximum Gasteiger partial charge on any atom is 0.253 e. The predicted molar refractivity (Wildman–Crippen MR) is 72.8 cm³/mol. The molecule has 0 saturated heterocycles. The van der Waals surface area contributed by atoms with Gasteiger partial charge in [0.15, 0.2) is 0 Å². The predicted octanol–water partition coefficient (Wildman–Crippen LogP) is 2.67. The topological polar surface area (TPSA) is 46.9 Å². The zero-order valence-corrected chi connectivity index (χ0v) is 11.6. The van der Waals surface area contributed by atoms with Crippen molar-refractivity contribution >= 4 is 17.2 Å². The number of hydrogen-bond donors (Lipinski definition) is 1. The molecule has 0 spiro atoms. The minimum absolute atomic E-state index is 0.00268. The Balaban J connectivity index is 2.13. The van der Waals surface area contributed by atoms with Gasteiger partial charge in [0.2, 0.25) is 0 Å². The van der Waals surface area contributed by atoms with E-state index in [9.17, 15) is 4.79 Å². The van der Waals surface area contributed by atoms with Gasteiger partial charge in [0.1, 0.15) is 5.01 Å². The summed E-state index contributed by atoms with van der Waals surface area (Å²) in [5.74, 6) is -0.0323. The number of rotatable bonds is 4. The Hall–Kier alpha value is -1.62. The SMILES string of the molecule is CC[C@H](NC(=O)c1ccn(C)c1C)c1nccs1. The molecule has 0 saturated carbocycles. The van der Waals surface area contributed by atoms with Gasteiger partial charge >= 0.3 is 0 Å². The van der Waals surface area contributed by atoms with Crippen LogP contribution in [0.5, 0.6) is 0 Å². The largest absolute Gasteiger partial charge is 0.354 e. The third kappa shape index (κ3) is 2.46. The van der Waals surface area contributed by atoms with Crippen molar-refractivity contribution in [3.05, 3.63) is 40.1 Å². The Morgan fingerprint density at radius 1 is 1.61 bits per heavy atom. The van der Waals surface area contributed by atoms with Gasteiger partial charge < -0.3 is 9.88 Å². The summed E-state index contributed by atoms with van der Waals surface area (Å²) < 4.78 is 1.94. The molecule has 0 aliphatic carbocycles. The Kier molecular flexibility index (Phi) is 3.81. The second kappa shape index (κ2) is 5.35. The molecule has 1 atom stereocenters. The second-order valence-corrected chi connectivity index (χ2v) is 5.16. The maximum absolute atomic E-state index is 12.2. The number of nitrogens with one attached hydrogen (secondary N) is 1. The molecule has 0 bridgehead atoms. The fourth-order valence-electron chi connectivity index (χ4n) is 1.83. The Morgan fingerprint density at radius 3 is 2.89 bits per heavy atom. The summed E-state index contributed by atoms with van der Waals surface area (Å²) in [6.07, 6.45) is 4.50. The van der Waals surface area contributed by atoms with Crippen molar-refractivity contribution in [2.75, 3.05) is 0 Å². The van der Waals surface area contributed by atoms with E-state index in [0.29, 0.717) is 0 Å². The highest BCUT2D eigenvalue weighted by Crippen LogP contribution is 2.20. The van der Waals surface area contributed by atoms with Crippen molar-refractivity contribution in [3.63, 3.8) is 0 Å². The van der Waals surface area contributed by atoms with Gasteiger partial charge in [-0.1, -0.05) is 6.92 Å². The number of aryl methyl sites for hydroxylation is 1. The average molecular weight is 263 g/mol. The van der Waals surface area contributed by atoms with Gasteiger partial charge in [-0.2, -0.15) is 0 Å². The van der Waals surface area contributed by atoms with Gasteiger partial charge in [-0.05, 0) is 19.4 Å². The first-order valence-corrected chi connectivity index (χ1v) is 6.83. The molecule has 0 aliphatic rings. The molecule has 5 heteroatoms. The van der Waals surface area contributed by atoms with Crippen LogP contribution in [0.15, 0.2) is 23.8 Å². The molecule has 18 heavy (non-hydrogen) atoms. The fourth-order valence-corrected chi connectivity index (χ4v) is 2.60. The van der Waals surface area contributed by atoms with E-state index in [2.05, 4.69) is 10.3 Å². The lowest BCUT2D eigenvalue weighted by molar-refractivity contribution is 0.0935. The fraction of sp³-hybridized carbons (Fsp3) is 0.385. The highest BCUT2D eigenvalue weighted by molar-refractivity contribution is 7.09. The van der Waals surface area contributed by atoms with Crippen molar-refractivity contribution in [3.8, 4) is 0 Å². The van der Waals surface area contributed by atoms with E-state index >= 15 is 0 Å². The molecule has 0 fully saturated rings. The summed E-state index contributed by atoms with van der Waals surface area (Å²) in [5, 5.41) is 5.92. The number of hydrogen-bond acceptors (Lipinski definition) is 3. The quantitative estimate of drug-likeness (QED) is 0.922. The molecule has 4 nitrogen and oxygen atoms in total. The van der Waals surface area contributed by atoms with Gasteiger partial charge in [-0.3, -0.25) is 4.79 Å². The summed E-state index contributed by atoms with van der Waals surface area (Å²) in [6.45, 7) is 3.99. The van der Waals surface area contributed by atoms with Crippen molar-refractivity contribution in [1.82, 2.24) is 14.9 Å². The number of carbonyl (C=O) groups excluding carboxylic acids is 1. The minimum Gasteiger partial charge on any atom is -0.354 e. The van der Waals surface area contributed by atoms with Crippen LogP contribution in [0.4, 0.5) is 0 Å². The lowest BCUT2D eigenvalue weighted by Crippen LogP contribution is -2.28. The van der Waals surface area contributed by atoms with Crippen LogP contribution in [-0.4, -0.2) is 15.5 Å². The molecule has 2 aromatic rings. The number of carbonyl (C=O) groups is 1. The summed E-state index contributed by atoms with van der Waals surface area (Å²) in [4.78, 5) is 16.5. The smallest absolute Gasteiger partial charge is 0.253 e. The first-order chi connectivity index (χ1) is 8.63. The molecule has 0 radical (unpaired) electrons. The van der Waals surface area contributed by atoms with E-state index in [4.69, 9.17) is 0 Å². The highest BCUT2D eigenvalue weighted by Gasteiger charge is 2.18. The first kappa shape index (κ1) is 12.8. The standard InChI is InChI=1S/C13H17N3OS/c1-4-11(13-14-6-8-18-13)15-12(17)10-5-7-16(3)9(10)2/h5-8,11H,4H2,1-3H3,(H,15,17)/t11-/m0/s1. The second-order valence-electron chi connectivity index (χ2n) is 4.23. The number of thiazole rings is 1. The number of amides is 1. The van der Waals surface area contributed by atoms with Crippen LogP contribution in [0.25, 0.3) is 0 Å². The molecule has 1 N–H and O–H groups in total. The van der Waals surface area contributed by atoms with E-state index in [1.807, 2.05) is 43.1 Å². The molecule has 0 aromatic carbocycles. The third-order valence-electron chi connectivity index (χ3n) is 3.09. The molecule has 1 amide bonds. The highest BCUT2D eigenvalue weighted by atomic mass is 32.1. The summed E-state index contributed by atoms with van der Waals surface area (Å²) >= 11 is 1.57. The first-order valence-electron chi connectivity index (χ1n) is 5.95. The molecular formula is C13H17N3OS. The van der Waals surface area contributed by atoms with Crippen LogP contribution >= 0.6 is 11.3 Å². The molecule has 2 rings (SSSR count). The van der Waals surface area contributed by atoms with Crippen LogP contribution in [0.1, 0.15) is 40.4 Å². The van der Waals surface area contributed by atoms with Crippen molar-refractivity contribution < 1.29 is 4.79 Å². The molecule has 2 aromatic heterocycles. The molecule has 0 unspecified atom stereocenters. The third-order valence-corrected chi connectivity index (χ3v) is 3.98. The van der Waals surface area contributed by atoms with E-state index in [0.717, 1.165) is 22.7 Å². The van der Waals surface area contributed by atoms with Crippen LogP contribution in [0.3, 0.4) is 0 Å². The monoisotopic (exact) mass is 263 g/mol. The van der Waals surface area contributed by atoms with Crippen molar-refractivity contribution in [2.24, 2.45) is 7.05 Å². The maximum atomic E-state index is 12.2. The Bertz CT molecular complexity index is 530.